The predicted molar refractivity (Wildman–Crippen MR) is 111 cm³/mol. The van der Waals surface area contributed by atoms with Gasteiger partial charge >= 0.3 is 0 Å². The van der Waals surface area contributed by atoms with E-state index < -0.39 is 0 Å². The van der Waals surface area contributed by atoms with E-state index in [0.29, 0.717) is 46.7 Å². The van der Waals surface area contributed by atoms with Crippen LogP contribution >= 0.6 is 23.2 Å². The third-order valence-electron chi connectivity index (χ3n) is 3.62. The molecule has 28 heavy (non-hydrogen) atoms. The van der Waals surface area contributed by atoms with Crippen LogP contribution in [0.3, 0.4) is 0 Å². The molecule has 0 radical (unpaired) electrons. The fourth-order valence-corrected chi connectivity index (χ4v) is 2.67. The molecule has 0 aliphatic rings. The SMILES string of the molecule is COc1cc(/C=N\NC(C)=O)cc(Cl)c1OCCCOc1ccc(Cl)c(C)c1. The fourth-order valence-electron chi connectivity index (χ4n) is 2.28. The van der Waals surface area contributed by atoms with Crippen molar-refractivity contribution >= 4 is 35.3 Å². The predicted octanol–water partition coefficient (Wildman–Crippen LogP) is 4.63. The Labute approximate surface area is 174 Å². The molecule has 0 saturated heterocycles. The first kappa shape index (κ1) is 21.9. The van der Waals surface area contributed by atoms with E-state index in [1.807, 2.05) is 25.1 Å². The average molecular weight is 425 g/mol. The highest BCUT2D eigenvalue weighted by Crippen LogP contribution is 2.36. The first-order chi connectivity index (χ1) is 13.4. The summed E-state index contributed by atoms with van der Waals surface area (Å²) in [6.07, 6.45) is 2.13. The third kappa shape index (κ3) is 6.62. The highest BCUT2D eigenvalue weighted by Gasteiger charge is 2.11. The molecule has 0 atom stereocenters. The zero-order chi connectivity index (χ0) is 20.5. The lowest BCUT2D eigenvalue weighted by molar-refractivity contribution is -0.118. The fraction of sp³-hybridized carbons (Fsp3) is 0.300. The summed E-state index contributed by atoms with van der Waals surface area (Å²) >= 11 is 12.3. The minimum absolute atomic E-state index is 0.259. The molecule has 0 fully saturated rings. The molecule has 0 heterocycles. The summed E-state index contributed by atoms with van der Waals surface area (Å²) in [6.45, 7) is 4.20. The largest absolute Gasteiger partial charge is 0.493 e. The van der Waals surface area contributed by atoms with Gasteiger partial charge in [0.25, 0.3) is 0 Å². The number of nitrogens with zero attached hydrogens (tertiary/aromatic N) is 1. The van der Waals surface area contributed by atoms with Crippen molar-refractivity contribution in [1.29, 1.82) is 0 Å². The molecule has 0 saturated carbocycles. The average Bonchev–Trinajstić information content (AvgIpc) is 2.65. The van der Waals surface area contributed by atoms with E-state index >= 15 is 0 Å². The van der Waals surface area contributed by atoms with Gasteiger partial charge in [0.2, 0.25) is 5.91 Å². The van der Waals surface area contributed by atoms with Gasteiger partial charge < -0.3 is 14.2 Å². The van der Waals surface area contributed by atoms with Crippen LogP contribution in [-0.2, 0) is 4.79 Å². The Bertz CT molecular complexity index is 856. The van der Waals surface area contributed by atoms with Crippen molar-refractivity contribution in [3.63, 3.8) is 0 Å². The molecule has 8 heteroatoms. The van der Waals surface area contributed by atoms with Gasteiger partial charge in [0.15, 0.2) is 11.5 Å². The monoisotopic (exact) mass is 424 g/mol. The van der Waals surface area contributed by atoms with Crippen LogP contribution in [0.25, 0.3) is 0 Å². The lowest BCUT2D eigenvalue weighted by Crippen LogP contribution is -2.12. The van der Waals surface area contributed by atoms with E-state index in [-0.39, 0.29) is 5.91 Å². The number of aryl methyl sites for hydroxylation is 1. The number of carbonyl (C=O) groups is 1. The van der Waals surface area contributed by atoms with Crippen molar-refractivity contribution in [3.8, 4) is 17.2 Å². The Balaban J connectivity index is 1.89. The standard InChI is InChI=1S/C20H22Cl2N2O4/c1-13-9-16(5-6-17(13)21)27-7-4-8-28-20-18(22)10-15(11-19(20)26-3)12-23-24-14(2)25/h5-6,9-12H,4,7-8H2,1-3H3,(H,24,25)/b23-12-. The minimum atomic E-state index is -0.259. The summed E-state index contributed by atoms with van der Waals surface area (Å²) in [5.41, 5.74) is 3.97. The maximum Gasteiger partial charge on any atom is 0.236 e. The number of ether oxygens (including phenoxy) is 3. The van der Waals surface area contributed by atoms with Gasteiger partial charge in [-0.25, -0.2) is 5.43 Å². The zero-order valence-electron chi connectivity index (χ0n) is 15.9. The minimum Gasteiger partial charge on any atom is -0.493 e. The molecule has 0 aliphatic carbocycles. The highest BCUT2D eigenvalue weighted by molar-refractivity contribution is 6.32. The Morgan fingerprint density at radius 2 is 1.89 bits per heavy atom. The van der Waals surface area contributed by atoms with Crippen molar-refractivity contribution in [2.24, 2.45) is 5.10 Å². The lowest BCUT2D eigenvalue weighted by atomic mass is 10.2. The van der Waals surface area contributed by atoms with Gasteiger partial charge in [-0.05, 0) is 48.4 Å². The van der Waals surface area contributed by atoms with Crippen molar-refractivity contribution in [3.05, 3.63) is 51.5 Å². The van der Waals surface area contributed by atoms with Gasteiger partial charge in [-0.3, -0.25) is 4.79 Å². The molecule has 0 aromatic heterocycles. The summed E-state index contributed by atoms with van der Waals surface area (Å²) < 4.78 is 16.8. The number of amides is 1. The maximum atomic E-state index is 10.9. The number of hydrogen-bond donors (Lipinski definition) is 1. The van der Waals surface area contributed by atoms with Gasteiger partial charge in [-0.15, -0.1) is 0 Å². The molecule has 0 aliphatic heterocycles. The number of methoxy groups -OCH3 is 1. The molecule has 2 rings (SSSR count). The lowest BCUT2D eigenvalue weighted by Gasteiger charge is -2.13. The van der Waals surface area contributed by atoms with Crippen molar-refractivity contribution < 1.29 is 19.0 Å². The van der Waals surface area contributed by atoms with Gasteiger partial charge in [-0.1, -0.05) is 23.2 Å². The quantitative estimate of drug-likeness (QED) is 0.361. The van der Waals surface area contributed by atoms with Crippen LogP contribution in [0.4, 0.5) is 0 Å². The van der Waals surface area contributed by atoms with Crippen LogP contribution in [0.5, 0.6) is 17.2 Å². The summed E-state index contributed by atoms with van der Waals surface area (Å²) in [5.74, 6) is 1.43. The van der Waals surface area contributed by atoms with E-state index in [0.717, 1.165) is 11.3 Å². The Morgan fingerprint density at radius 1 is 1.14 bits per heavy atom. The van der Waals surface area contributed by atoms with E-state index in [2.05, 4.69) is 10.5 Å². The Kier molecular flexibility index (Phi) is 8.42. The van der Waals surface area contributed by atoms with E-state index in [1.54, 1.807) is 12.1 Å². The molecule has 6 nitrogen and oxygen atoms in total. The molecule has 0 spiro atoms. The van der Waals surface area contributed by atoms with E-state index in [9.17, 15) is 4.79 Å². The third-order valence-corrected chi connectivity index (χ3v) is 4.33. The van der Waals surface area contributed by atoms with Crippen molar-refractivity contribution in [2.45, 2.75) is 20.3 Å². The molecular formula is C20H22Cl2N2O4. The number of rotatable bonds is 9. The van der Waals surface area contributed by atoms with Crippen LogP contribution in [0.2, 0.25) is 10.0 Å². The Hall–Kier alpha value is -2.44. The van der Waals surface area contributed by atoms with Gasteiger partial charge in [0.1, 0.15) is 5.75 Å². The summed E-state index contributed by atoms with van der Waals surface area (Å²) in [7, 11) is 1.53. The van der Waals surface area contributed by atoms with Gasteiger partial charge in [-0.2, -0.15) is 5.10 Å². The first-order valence-corrected chi connectivity index (χ1v) is 9.35. The van der Waals surface area contributed by atoms with Gasteiger partial charge in [0, 0.05) is 18.4 Å². The molecule has 2 aromatic carbocycles. The smallest absolute Gasteiger partial charge is 0.236 e. The zero-order valence-corrected chi connectivity index (χ0v) is 17.4. The second-order valence-corrected chi connectivity index (χ2v) is 6.74. The van der Waals surface area contributed by atoms with E-state index in [4.69, 9.17) is 37.4 Å². The molecular weight excluding hydrogens is 403 g/mol. The summed E-state index contributed by atoms with van der Waals surface area (Å²) in [6, 6.07) is 8.93. The van der Waals surface area contributed by atoms with Crippen molar-refractivity contribution in [2.75, 3.05) is 20.3 Å². The summed E-state index contributed by atoms with van der Waals surface area (Å²) in [5, 5.41) is 4.91. The maximum absolute atomic E-state index is 10.9. The van der Waals surface area contributed by atoms with Gasteiger partial charge in [0.05, 0.1) is 31.6 Å². The molecule has 2 aromatic rings. The second-order valence-electron chi connectivity index (χ2n) is 5.92. The normalized spacial score (nSPS) is 10.8. The number of hydrazone groups is 1. The number of carbonyl (C=O) groups excluding carboxylic acids is 1. The van der Waals surface area contributed by atoms with Crippen LogP contribution in [0.1, 0.15) is 24.5 Å². The molecule has 0 unspecified atom stereocenters. The molecule has 1 N–H and O–H groups in total. The number of halogens is 2. The van der Waals surface area contributed by atoms with Crippen molar-refractivity contribution in [1.82, 2.24) is 5.43 Å². The topological polar surface area (TPSA) is 69.2 Å². The Morgan fingerprint density at radius 3 is 2.57 bits per heavy atom. The number of nitrogens with one attached hydrogen (secondary N) is 1. The van der Waals surface area contributed by atoms with Crippen LogP contribution in [0, 0.1) is 6.92 Å². The molecule has 150 valence electrons. The van der Waals surface area contributed by atoms with E-state index in [1.165, 1.54) is 20.2 Å². The van der Waals surface area contributed by atoms with Crippen LogP contribution < -0.4 is 19.6 Å². The number of hydrogen-bond acceptors (Lipinski definition) is 5. The highest BCUT2D eigenvalue weighted by atomic mass is 35.5. The second kappa shape index (κ2) is 10.8. The number of benzene rings is 2. The first-order valence-electron chi connectivity index (χ1n) is 8.59. The molecule has 0 bridgehead atoms. The van der Waals surface area contributed by atoms with Crippen LogP contribution in [-0.4, -0.2) is 32.4 Å². The van der Waals surface area contributed by atoms with Crippen LogP contribution in [0.15, 0.2) is 35.4 Å². The summed E-state index contributed by atoms with van der Waals surface area (Å²) in [4.78, 5) is 10.9. The molecule has 1 amide bonds.